The SMILES string of the molecule is Clc1cccc2c(N3CCOCC3)nc3c(-c4nc(C5CC5)no4)ncn3c12. The van der Waals surface area contributed by atoms with Gasteiger partial charge in [0.1, 0.15) is 12.1 Å². The monoisotopic (exact) mass is 396 g/mol. The van der Waals surface area contributed by atoms with E-state index in [9.17, 15) is 0 Å². The minimum Gasteiger partial charge on any atom is -0.378 e. The highest BCUT2D eigenvalue weighted by atomic mass is 35.5. The molecule has 9 heteroatoms. The molecule has 0 spiro atoms. The Hall–Kier alpha value is -2.71. The van der Waals surface area contributed by atoms with Crippen molar-refractivity contribution in [3.05, 3.63) is 35.4 Å². The summed E-state index contributed by atoms with van der Waals surface area (Å²) in [5, 5.41) is 5.74. The lowest BCUT2D eigenvalue weighted by Crippen LogP contribution is -2.37. The molecule has 0 N–H and O–H groups in total. The Morgan fingerprint density at radius 2 is 1.96 bits per heavy atom. The zero-order valence-electron chi connectivity index (χ0n) is 15.0. The fourth-order valence-electron chi connectivity index (χ4n) is 3.72. The molecule has 2 fully saturated rings. The van der Waals surface area contributed by atoms with E-state index in [1.165, 1.54) is 0 Å². The van der Waals surface area contributed by atoms with Crippen molar-refractivity contribution in [3.63, 3.8) is 0 Å². The van der Waals surface area contributed by atoms with Crippen LogP contribution in [0.15, 0.2) is 29.0 Å². The summed E-state index contributed by atoms with van der Waals surface area (Å²) in [6, 6.07) is 5.86. The molecule has 1 aliphatic carbocycles. The first kappa shape index (κ1) is 16.3. The molecule has 6 rings (SSSR count). The lowest BCUT2D eigenvalue weighted by Gasteiger charge is -2.29. The van der Waals surface area contributed by atoms with E-state index in [4.69, 9.17) is 25.8 Å². The predicted molar refractivity (Wildman–Crippen MR) is 104 cm³/mol. The Morgan fingerprint density at radius 3 is 2.79 bits per heavy atom. The van der Waals surface area contributed by atoms with E-state index in [0.717, 1.165) is 48.5 Å². The van der Waals surface area contributed by atoms with Crippen LogP contribution in [-0.4, -0.2) is 50.8 Å². The maximum absolute atomic E-state index is 6.59. The van der Waals surface area contributed by atoms with Crippen LogP contribution < -0.4 is 4.90 Å². The van der Waals surface area contributed by atoms with E-state index >= 15 is 0 Å². The topological polar surface area (TPSA) is 81.6 Å². The molecule has 0 unspecified atom stereocenters. The molecule has 1 aromatic carbocycles. The van der Waals surface area contributed by atoms with Crippen LogP contribution in [0.3, 0.4) is 0 Å². The van der Waals surface area contributed by atoms with Crippen molar-refractivity contribution in [2.75, 3.05) is 31.2 Å². The van der Waals surface area contributed by atoms with Gasteiger partial charge in [-0.2, -0.15) is 4.98 Å². The summed E-state index contributed by atoms with van der Waals surface area (Å²) < 4.78 is 12.9. The zero-order chi connectivity index (χ0) is 18.7. The van der Waals surface area contributed by atoms with Gasteiger partial charge < -0.3 is 14.2 Å². The average molecular weight is 397 g/mol. The lowest BCUT2D eigenvalue weighted by atomic mass is 10.2. The van der Waals surface area contributed by atoms with Gasteiger partial charge >= 0.3 is 0 Å². The van der Waals surface area contributed by atoms with Crippen LogP contribution in [0.5, 0.6) is 0 Å². The van der Waals surface area contributed by atoms with E-state index in [-0.39, 0.29) is 0 Å². The molecular formula is C19H17ClN6O2. The number of benzene rings is 1. The van der Waals surface area contributed by atoms with Crippen molar-refractivity contribution >= 4 is 34.0 Å². The largest absolute Gasteiger partial charge is 0.378 e. The predicted octanol–water partition coefficient (Wildman–Crippen LogP) is 3.30. The smallest absolute Gasteiger partial charge is 0.280 e. The van der Waals surface area contributed by atoms with Gasteiger partial charge in [-0.05, 0) is 25.0 Å². The van der Waals surface area contributed by atoms with Gasteiger partial charge in [-0.25, -0.2) is 9.97 Å². The number of hydrogen-bond donors (Lipinski definition) is 0. The van der Waals surface area contributed by atoms with Crippen molar-refractivity contribution in [1.82, 2.24) is 24.5 Å². The first-order valence-electron chi connectivity index (χ1n) is 9.41. The number of ether oxygens (including phenoxy) is 1. The second-order valence-electron chi connectivity index (χ2n) is 7.19. The molecule has 3 aromatic heterocycles. The van der Waals surface area contributed by atoms with Crippen LogP contribution in [0.1, 0.15) is 24.6 Å². The van der Waals surface area contributed by atoms with Crippen LogP contribution in [-0.2, 0) is 4.74 Å². The normalized spacial score (nSPS) is 17.7. The maximum Gasteiger partial charge on any atom is 0.280 e. The van der Waals surface area contributed by atoms with E-state index < -0.39 is 0 Å². The lowest BCUT2D eigenvalue weighted by molar-refractivity contribution is 0.122. The Morgan fingerprint density at radius 1 is 1.11 bits per heavy atom. The number of fused-ring (bicyclic) bond motifs is 3. The van der Waals surface area contributed by atoms with E-state index in [1.54, 1.807) is 6.33 Å². The molecule has 0 atom stereocenters. The summed E-state index contributed by atoms with van der Waals surface area (Å²) in [4.78, 5) is 16.3. The molecule has 28 heavy (non-hydrogen) atoms. The standard InChI is InChI=1S/C19H17ClN6O2/c20-13-3-1-2-12-15(13)26-10-21-14(19-22-16(24-28-19)11-4-5-11)18(26)23-17(12)25-6-8-27-9-7-25/h1-3,10-11H,4-9H2. The van der Waals surface area contributed by atoms with E-state index in [2.05, 4.69) is 20.0 Å². The Labute approximate surface area is 165 Å². The molecule has 0 radical (unpaired) electrons. The summed E-state index contributed by atoms with van der Waals surface area (Å²) in [6.07, 6.45) is 3.95. The summed E-state index contributed by atoms with van der Waals surface area (Å²) in [7, 11) is 0. The number of anilines is 1. The second kappa shape index (κ2) is 6.15. The van der Waals surface area contributed by atoms with Gasteiger partial charge in [0.05, 0.1) is 23.8 Å². The van der Waals surface area contributed by atoms with Gasteiger partial charge in [0, 0.05) is 24.4 Å². The van der Waals surface area contributed by atoms with Gasteiger partial charge in [-0.1, -0.05) is 22.8 Å². The Balaban J connectivity index is 1.59. The molecule has 8 nitrogen and oxygen atoms in total. The summed E-state index contributed by atoms with van der Waals surface area (Å²) in [5.74, 6) is 2.44. The summed E-state index contributed by atoms with van der Waals surface area (Å²) in [5.41, 5.74) is 2.11. The van der Waals surface area contributed by atoms with Gasteiger partial charge in [0.15, 0.2) is 17.2 Å². The fourth-order valence-corrected chi connectivity index (χ4v) is 3.98. The van der Waals surface area contributed by atoms with Crippen LogP contribution in [0.2, 0.25) is 5.02 Å². The van der Waals surface area contributed by atoms with Crippen molar-refractivity contribution in [3.8, 4) is 11.6 Å². The average Bonchev–Trinajstić information content (AvgIpc) is 3.31. The van der Waals surface area contributed by atoms with Crippen LogP contribution >= 0.6 is 11.6 Å². The first-order valence-corrected chi connectivity index (χ1v) is 9.79. The number of nitrogens with zero attached hydrogens (tertiary/aromatic N) is 6. The third kappa shape index (κ3) is 2.48. The zero-order valence-corrected chi connectivity index (χ0v) is 15.8. The van der Waals surface area contributed by atoms with Gasteiger partial charge in [-0.15, -0.1) is 0 Å². The highest BCUT2D eigenvalue weighted by Gasteiger charge is 2.30. The van der Waals surface area contributed by atoms with Crippen molar-refractivity contribution in [2.45, 2.75) is 18.8 Å². The number of para-hydroxylation sites is 1. The molecule has 1 aliphatic heterocycles. The number of rotatable bonds is 3. The third-order valence-corrected chi connectivity index (χ3v) is 5.63. The molecule has 4 aromatic rings. The second-order valence-corrected chi connectivity index (χ2v) is 7.60. The van der Waals surface area contributed by atoms with Gasteiger partial charge in [0.2, 0.25) is 0 Å². The first-order chi connectivity index (χ1) is 13.8. The quantitative estimate of drug-likeness (QED) is 0.525. The minimum atomic E-state index is 0.399. The van der Waals surface area contributed by atoms with Crippen LogP contribution in [0, 0.1) is 0 Å². The number of morpholine rings is 1. The molecule has 4 heterocycles. The maximum atomic E-state index is 6.59. The summed E-state index contributed by atoms with van der Waals surface area (Å²) in [6.45, 7) is 2.91. The van der Waals surface area contributed by atoms with E-state index in [1.807, 2.05) is 22.6 Å². The molecule has 0 amide bonds. The molecule has 142 valence electrons. The number of aromatic nitrogens is 5. The van der Waals surface area contributed by atoms with Gasteiger partial charge in [0.25, 0.3) is 5.89 Å². The van der Waals surface area contributed by atoms with Crippen molar-refractivity contribution in [2.24, 2.45) is 0 Å². The van der Waals surface area contributed by atoms with Gasteiger partial charge in [-0.3, -0.25) is 4.40 Å². The number of halogens is 1. The Bertz CT molecular complexity index is 1190. The molecule has 0 bridgehead atoms. The van der Waals surface area contributed by atoms with Crippen LogP contribution in [0.25, 0.3) is 28.1 Å². The summed E-state index contributed by atoms with van der Waals surface area (Å²) >= 11 is 6.59. The highest BCUT2D eigenvalue weighted by Crippen LogP contribution is 2.39. The van der Waals surface area contributed by atoms with Crippen molar-refractivity contribution in [1.29, 1.82) is 0 Å². The fraction of sp³-hybridized carbons (Fsp3) is 0.368. The number of hydrogen-bond acceptors (Lipinski definition) is 7. The number of imidazole rings is 1. The molecular weight excluding hydrogens is 380 g/mol. The molecule has 2 aliphatic rings. The molecule has 1 saturated carbocycles. The highest BCUT2D eigenvalue weighted by molar-refractivity contribution is 6.35. The molecule has 1 saturated heterocycles. The van der Waals surface area contributed by atoms with Crippen LogP contribution in [0.4, 0.5) is 5.82 Å². The Kier molecular flexibility index (Phi) is 3.57. The van der Waals surface area contributed by atoms with Crippen molar-refractivity contribution < 1.29 is 9.26 Å². The third-order valence-electron chi connectivity index (χ3n) is 5.32. The minimum absolute atomic E-state index is 0.399. The van der Waals surface area contributed by atoms with E-state index in [0.29, 0.717) is 41.4 Å².